The van der Waals surface area contributed by atoms with E-state index in [9.17, 15) is 13.6 Å². The Morgan fingerprint density at radius 2 is 2.12 bits per heavy atom. The van der Waals surface area contributed by atoms with Crippen LogP contribution in [0.25, 0.3) is 0 Å². The number of carbonyl (C=O) groups is 1. The molecule has 0 unspecified atom stereocenters. The van der Waals surface area contributed by atoms with E-state index in [0.717, 1.165) is 31.5 Å². The summed E-state index contributed by atoms with van der Waals surface area (Å²) >= 11 is 1.98. The fraction of sp³-hybridized carbons (Fsp3) is 0.278. The summed E-state index contributed by atoms with van der Waals surface area (Å²) in [5.74, 6) is -1.88. The summed E-state index contributed by atoms with van der Waals surface area (Å²) < 4.78 is 34.5. The molecule has 8 heteroatoms. The smallest absolute Gasteiger partial charge is 0.254 e. The van der Waals surface area contributed by atoms with Crippen molar-refractivity contribution in [2.75, 3.05) is 18.5 Å². The van der Waals surface area contributed by atoms with Crippen LogP contribution in [0.2, 0.25) is 0 Å². The topological polar surface area (TPSA) is 76.4 Å². The summed E-state index contributed by atoms with van der Waals surface area (Å²) in [6.07, 6.45) is 1.99. The highest BCUT2D eigenvalue weighted by Gasteiger charge is 2.21. The number of amides is 1. The van der Waals surface area contributed by atoms with Crippen LogP contribution in [0, 0.1) is 15.2 Å². The van der Waals surface area contributed by atoms with Crippen LogP contribution < -0.4 is 21.1 Å². The van der Waals surface area contributed by atoms with Gasteiger partial charge < -0.3 is 21.1 Å². The lowest BCUT2D eigenvalue weighted by Gasteiger charge is -2.17. The molecule has 1 heterocycles. The van der Waals surface area contributed by atoms with E-state index < -0.39 is 17.5 Å². The molecule has 1 saturated heterocycles. The molecule has 1 fully saturated rings. The van der Waals surface area contributed by atoms with Crippen LogP contribution in [0.15, 0.2) is 30.3 Å². The van der Waals surface area contributed by atoms with Gasteiger partial charge >= 0.3 is 0 Å². The van der Waals surface area contributed by atoms with Crippen molar-refractivity contribution in [1.82, 2.24) is 5.32 Å². The number of rotatable bonds is 6. The molecule has 2 aromatic rings. The highest BCUT2D eigenvalue weighted by atomic mass is 127. The van der Waals surface area contributed by atoms with Gasteiger partial charge in [-0.3, -0.25) is 4.79 Å². The molecule has 0 radical (unpaired) electrons. The van der Waals surface area contributed by atoms with Crippen LogP contribution in [0.1, 0.15) is 23.2 Å². The molecular formula is C18H18F2IN3O2. The lowest BCUT2D eigenvalue weighted by Crippen LogP contribution is -2.29. The molecule has 1 aliphatic heterocycles. The second kappa shape index (κ2) is 8.17. The summed E-state index contributed by atoms with van der Waals surface area (Å²) in [6, 6.07) is 6.88. The van der Waals surface area contributed by atoms with Crippen molar-refractivity contribution in [3.05, 3.63) is 51.1 Å². The van der Waals surface area contributed by atoms with Crippen molar-refractivity contribution >= 4 is 39.9 Å². The molecule has 0 aromatic heterocycles. The number of anilines is 2. The van der Waals surface area contributed by atoms with Gasteiger partial charge in [-0.1, -0.05) is 0 Å². The molecule has 1 aliphatic rings. The first-order valence-corrected chi connectivity index (χ1v) is 9.23. The van der Waals surface area contributed by atoms with Gasteiger partial charge in [-0.2, -0.15) is 0 Å². The van der Waals surface area contributed by atoms with E-state index in [1.54, 1.807) is 6.07 Å². The number of carbonyl (C=O) groups excluding carboxylic acids is 1. The van der Waals surface area contributed by atoms with Crippen molar-refractivity contribution in [2.24, 2.45) is 5.73 Å². The maximum absolute atomic E-state index is 14.1. The predicted octanol–water partition coefficient (Wildman–Crippen LogP) is 3.54. The fourth-order valence-electron chi connectivity index (χ4n) is 2.87. The van der Waals surface area contributed by atoms with Crippen LogP contribution in [-0.4, -0.2) is 25.1 Å². The third-order valence-electron chi connectivity index (χ3n) is 4.12. The minimum absolute atomic E-state index is 0.0117. The van der Waals surface area contributed by atoms with Gasteiger partial charge in [0.15, 0.2) is 0 Å². The zero-order valence-corrected chi connectivity index (χ0v) is 16.0. The predicted molar refractivity (Wildman–Crippen MR) is 104 cm³/mol. The molecule has 5 nitrogen and oxygen atoms in total. The van der Waals surface area contributed by atoms with Gasteiger partial charge in [-0.25, -0.2) is 8.78 Å². The van der Waals surface area contributed by atoms with Crippen LogP contribution in [0.4, 0.5) is 20.2 Å². The average Bonchev–Trinajstić information content (AvgIpc) is 3.08. The Kier molecular flexibility index (Phi) is 5.92. The molecular weight excluding hydrogens is 455 g/mol. The highest BCUT2D eigenvalue weighted by molar-refractivity contribution is 14.1. The first-order valence-electron chi connectivity index (χ1n) is 8.15. The normalized spacial score (nSPS) is 16.5. The number of nitrogens with one attached hydrogen (secondary N) is 2. The molecule has 1 amide bonds. The van der Waals surface area contributed by atoms with Gasteiger partial charge in [0.05, 0.1) is 11.4 Å². The molecule has 2 aromatic carbocycles. The van der Waals surface area contributed by atoms with E-state index in [-0.39, 0.29) is 28.7 Å². The number of hydrogen-bond acceptors (Lipinski definition) is 4. The van der Waals surface area contributed by atoms with Crippen LogP contribution >= 0.6 is 22.6 Å². The van der Waals surface area contributed by atoms with Gasteiger partial charge in [0, 0.05) is 15.7 Å². The monoisotopic (exact) mass is 473 g/mol. The van der Waals surface area contributed by atoms with Gasteiger partial charge in [0.2, 0.25) is 0 Å². The van der Waals surface area contributed by atoms with Gasteiger partial charge in [-0.05, 0) is 66.2 Å². The molecule has 1 atom stereocenters. The molecule has 0 saturated carbocycles. The Morgan fingerprint density at radius 1 is 1.31 bits per heavy atom. The highest BCUT2D eigenvalue weighted by Crippen LogP contribution is 2.32. The maximum Gasteiger partial charge on any atom is 0.254 e. The van der Waals surface area contributed by atoms with Gasteiger partial charge in [0.1, 0.15) is 29.6 Å². The number of nitrogens with two attached hydrogens (primary N) is 1. The summed E-state index contributed by atoms with van der Waals surface area (Å²) in [6.45, 7) is 1.19. The first-order chi connectivity index (χ1) is 12.4. The van der Waals surface area contributed by atoms with E-state index in [0.29, 0.717) is 10.2 Å². The van der Waals surface area contributed by atoms with E-state index >= 15 is 0 Å². The standard InChI is InChI=1S/C18H18F2IN3O2/c19-10-6-15(24-14-4-3-11(21)8-13(14)20)17(18(22)25)16(7-10)26-9-12-2-1-5-23-12/h3-4,6-8,12,23-24H,1-2,5,9H2,(H2,22,25)/t12-/m0/s1. The van der Waals surface area contributed by atoms with E-state index in [4.69, 9.17) is 10.5 Å². The van der Waals surface area contributed by atoms with Crippen molar-refractivity contribution in [1.29, 1.82) is 0 Å². The Balaban J connectivity index is 1.91. The van der Waals surface area contributed by atoms with Crippen LogP contribution in [0.5, 0.6) is 5.75 Å². The third kappa shape index (κ3) is 4.42. The molecule has 0 aliphatic carbocycles. The lowest BCUT2D eigenvalue weighted by atomic mass is 10.1. The molecule has 0 bridgehead atoms. The average molecular weight is 473 g/mol. The number of hydrogen-bond donors (Lipinski definition) is 3. The SMILES string of the molecule is NC(=O)c1c(Nc2ccc(I)cc2F)cc(F)cc1OC[C@@H]1CCCN1. The zero-order chi connectivity index (χ0) is 18.7. The third-order valence-corrected chi connectivity index (χ3v) is 4.79. The minimum atomic E-state index is -0.784. The van der Waals surface area contributed by atoms with Gasteiger partial charge in [0.25, 0.3) is 5.91 Å². The van der Waals surface area contributed by atoms with Crippen molar-refractivity contribution in [3.63, 3.8) is 0 Å². The largest absolute Gasteiger partial charge is 0.491 e. The second-order valence-corrected chi connectivity index (χ2v) is 7.29. The molecule has 26 heavy (non-hydrogen) atoms. The Hall–Kier alpha value is -1.94. The zero-order valence-electron chi connectivity index (χ0n) is 13.8. The molecule has 138 valence electrons. The number of primary amides is 1. The van der Waals surface area contributed by atoms with E-state index in [1.807, 2.05) is 22.6 Å². The number of ether oxygens (including phenoxy) is 1. The van der Waals surface area contributed by atoms with E-state index in [2.05, 4.69) is 10.6 Å². The molecule has 0 spiro atoms. The molecule has 4 N–H and O–H groups in total. The summed E-state index contributed by atoms with van der Waals surface area (Å²) in [7, 11) is 0. The van der Waals surface area contributed by atoms with Crippen molar-refractivity contribution in [3.8, 4) is 5.75 Å². The van der Waals surface area contributed by atoms with Crippen LogP contribution in [-0.2, 0) is 0 Å². The van der Waals surface area contributed by atoms with Gasteiger partial charge in [-0.15, -0.1) is 0 Å². The Morgan fingerprint density at radius 3 is 2.77 bits per heavy atom. The summed E-state index contributed by atoms with van der Waals surface area (Å²) in [5, 5.41) is 6.00. The Bertz CT molecular complexity index is 826. The minimum Gasteiger partial charge on any atom is -0.491 e. The van der Waals surface area contributed by atoms with Crippen molar-refractivity contribution in [2.45, 2.75) is 18.9 Å². The maximum atomic E-state index is 14.1. The quantitative estimate of drug-likeness (QED) is 0.562. The Labute approximate surface area is 163 Å². The second-order valence-electron chi connectivity index (χ2n) is 6.04. The summed E-state index contributed by atoms with van der Waals surface area (Å²) in [5.41, 5.74) is 5.64. The van der Waals surface area contributed by atoms with Crippen LogP contribution in [0.3, 0.4) is 0 Å². The van der Waals surface area contributed by atoms with Crippen molar-refractivity contribution < 1.29 is 18.3 Å². The number of benzene rings is 2. The fourth-order valence-corrected chi connectivity index (χ4v) is 3.33. The lowest BCUT2D eigenvalue weighted by molar-refractivity contribution is 0.0996. The summed E-state index contributed by atoms with van der Waals surface area (Å²) in [4.78, 5) is 11.9. The van der Waals surface area contributed by atoms with E-state index in [1.165, 1.54) is 12.1 Å². The first kappa shape index (κ1) is 18.8. The number of halogens is 3. The molecule has 3 rings (SSSR count).